The predicted molar refractivity (Wildman–Crippen MR) is 106 cm³/mol. The van der Waals surface area contributed by atoms with Gasteiger partial charge in [0.1, 0.15) is 5.69 Å². The SMILES string of the molecule is Cc1cc(C)n(-c2cc(N3CCN(S(=O)(=O)N(C)C)CC3)ccc2[N+](=O)[O-])n1. The smallest absolute Gasteiger partial charge is 0.295 e. The fourth-order valence-electron chi connectivity index (χ4n) is 3.31. The van der Waals surface area contributed by atoms with Gasteiger partial charge in [0.25, 0.3) is 15.9 Å². The van der Waals surface area contributed by atoms with Crippen LogP contribution in [0.15, 0.2) is 24.3 Å². The Hall–Kier alpha value is -2.50. The van der Waals surface area contributed by atoms with Crippen LogP contribution >= 0.6 is 0 Å². The number of benzene rings is 1. The van der Waals surface area contributed by atoms with Crippen LogP contribution in [0.2, 0.25) is 0 Å². The number of hydrogen-bond donors (Lipinski definition) is 0. The molecule has 0 unspecified atom stereocenters. The van der Waals surface area contributed by atoms with E-state index in [0.717, 1.165) is 17.1 Å². The molecule has 1 aromatic carbocycles. The van der Waals surface area contributed by atoms with Gasteiger partial charge in [-0.25, -0.2) is 4.68 Å². The van der Waals surface area contributed by atoms with E-state index in [0.29, 0.717) is 31.9 Å². The van der Waals surface area contributed by atoms with Gasteiger partial charge in [-0.15, -0.1) is 0 Å². The number of nitro groups is 1. The number of aryl methyl sites for hydroxylation is 2. The summed E-state index contributed by atoms with van der Waals surface area (Å²) >= 11 is 0. The zero-order valence-corrected chi connectivity index (χ0v) is 17.2. The first-order valence-electron chi connectivity index (χ1n) is 8.86. The molecule has 1 saturated heterocycles. The lowest BCUT2D eigenvalue weighted by Crippen LogP contribution is -2.51. The second-order valence-corrected chi connectivity index (χ2v) is 9.09. The van der Waals surface area contributed by atoms with E-state index >= 15 is 0 Å². The Balaban J connectivity index is 1.90. The summed E-state index contributed by atoms with van der Waals surface area (Å²) in [6.07, 6.45) is 0. The highest BCUT2D eigenvalue weighted by Crippen LogP contribution is 2.30. The van der Waals surface area contributed by atoms with E-state index < -0.39 is 15.1 Å². The molecule has 11 heteroatoms. The predicted octanol–water partition coefficient (Wildman–Crippen LogP) is 1.33. The van der Waals surface area contributed by atoms with Crippen molar-refractivity contribution in [3.05, 3.63) is 45.8 Å². The van der Waals surface area contributed by atoms with Crippen LogP contribution in [-0.4, -0.2) is 72.0 Å². The molecule has 1 aliphatic heterocycles. The summed E-state index contributed by atoms with van der Waals surface area (Å²) in [6.45, 7) is 5.40. The largest absolute Gasteiger partial charge is 0.369 e. The van der Waals surface area contributed by atoms with E-state index in [1.165, 1.54) is 28.8 Å². The van der Waals surface area contributed by atoms with Crippen molar-refractivity contribution in [2.75, 3.05) is 45.2 Å². The van der Waals surface area contributed by atoms with E-state index in [2.05, 4.69) is 5.10 Å². The highest BCUT2D eigenvalue weighted by atomic mass is 32.2. The minimum absolute atomic E-state index is 0.0243. The molecule has 1 aliphatic rings. The third-order valence-electron chi connectivity index (χ3n) is 4.78. The van der Waals surface area contributed by atoms with Gasteiger partial charge >= 0.3 is 0 Å². The monoisotopic (exact) mass is 408 g/mol. The number of aromatic nitrogens is 2. The maximum atomic E-state index is 12.3. The third-order valence-corrected chi connectivity index (χ3v) is 6.73. The lowest BCUT2D eigenvalue weighted by Gasteiger charge is -2.36. The Morgan fingerprint density at radius 2 is 1.75 bits per heavy atom. The van der Waals surface area contributed by atoms with Crippen LogP contribution < -0.4 is 4.90 Å². The molecule has 0 radical (unpaired) electrons. The van der Waals surface area contributed by atoms with E-state index in [-0.39, 0.29) is 5.69 Å². The second-order valence-electron chi connectivity index (χ2n) is 6.95. The number of rotatable bonds is 5. The van der Waals surface area contributed by atoms with Gasteiger partial charge in [-0.3, -0.25) is 10.1 Å². The van der Waals surface area contributed by atoms with E-state index in [4.69, 9.17) is 0 Å². The van der Waals surface area contributed by atoms with E-state index in [1.54, 1.807) is 16.8 Å². The number of nitro benzene ring substituents is 1. The van der Waals surface area contributed by atoms with Crippen molar-refractivity contribution in [1.29, 1.82) is 0 Å². The fraction of sp³-hybridized carbons (Fsp3) is 0.471. The number of piperazine rings is 1. The molecule has 3 rings (SSSR count). The lowest BCUT2D eigenvalue weighted by atomic mass is 10.2. The lowest BCUT2D eigenvalue weighted by molar-refractivity contribution is -0.384. The van der Waals surface area contributed by atoms with Crippen molar-refractivity contribution in [3.8, 4) is 5.69 Å². The summed E-state index contributed by atoms with van der Waals surface area (Å²) in [5.74, 6) is 0. The summed E-state index contributed by atoms with van der Waals surface area (Å²) in [7, 11) is -0.416. The maximum absolute atomic E-state index is 12.3. The van der Waals surface area contributed by atoms with Crippen molar-refractivity contribution < 1.29 is 13.3 Å². The van der Waals surface area contributed by atoms with Gasteiger partial charge in [-0.1, -0.05) is 0 Å². The Bertz CT molecular complexity index is 993. The molecule has 0 atom stereocenters. The molecular weight excluding hydrogens is 384 g/mol. The first kappa shape index (κ1) is 20.2. The fourth-order valence-corrected chi connectivity index (χ4v) is 4.40. The van der Waals surface area contributed by atoms with Gasteiger partial charge in [0, 0.05) is 57.7 Å². The molecule has 0 spiro atoms. The molecule has 28 heavy (non-hydrogen) atoms. The molecule has 1 fully saturated rings. The first-order chi connectivity index (χ1) is 13.1. The van der Waals surface area contributed by atoms with Gasteiger partial charge in [0.15, 0.2) is 0 Å². The maximum Gasteiger partial charge on any atom is 0.295 e. The molecule has 0 N–H and O–H groups in total. The molecular formula is C17H24N6O4S. The van der Waals surface area contributed by atoms with Crippen molar-refractivity contribution >= 4 is 21.6 Å². The van der Waals surface area contributed by atoms with Gasteiger partial charge in [-0.05, 0) is 32.0 Å². The Morgan fingerprint density at radius 1 is 1.11 bits per heavy atom. The summed E-state index contributed by atoms with van der Waals surface area (Å²) in [5.41, 5.74) is 2.76. The molecule has 0 saturated carbocycles. The van der Waals surface area contributed by atoms with Gasteiger partial charge in [0.05, 0.1) is 10.6 Å². The molecule has 2 heterocycles. The average molecular weight is 408 g/mol. The van der Waals surface area contributed by atoms with Crippen LogP contribution in [0, 0.1) is 24.0 Å². The zero-order valence-electron chi connectivity index (χ0n) is 16.4. The van der Waals surface area contributed by atoms with Crippen molar-refractivity contribution in [2.45, 2.75) is 13.8 Å². The Kier molecular flexibility index (Phi) is 5.41. The van der Waals surface area contributed by atoms with Gasteiger partial charge in [0.2, 0.25) is 0 Å². The number of nitrogens with zero attached hydrogens (tertiary/aromatic N) is 6. The van der Waals surface area contributed by atoms with E-state index in [9.17, 15) is 18.5 Å². The highest BCUT2D eigenvalue weighted by Gasteiger charge is 2.29. The van der Waals surface area contributed by atoms with Gasteiger partial charge in [-0.2, -0.15) is 22.1 Å². The summed E-state index contributed by atoms with van der Waals surface area (Å²) in [4.78, 5) is 13.1. The first-order valence-corrected chi connectivity index (χ1v) is 10.3. The van der Waals surface area contributed by atoms with E-state index in [1.807, 2.05) is 24.8 Å². The second kappa shape index (κ2) is 7.49. The van der Waals surface area contributed by atoms with Gasteiger partial charge < -0.3 is 4.90 Å². The van der Waals surface area contributed by atoms with Crippen LogP contribution in [0.5, 0.6) is 0 Å². The third kappa shape index (κ3) is 3.73. The topological polar surface area (TPSA) is 105 Å². The quantitative estimate of drug-likeness (QED) is 0.546. The molecule has 0 amide bonds. The average Bonchev–Trinajstić information content (AvgIpc) is 2.99. The normalized spacial score (nSPS) is 16.0. The summed E-state index contributed by atoms with van der Waals surface area (Å²) < 4.78 is 28.8. The number of hydrogen-bond acceptors (Lipinski definition) is 6. The van der Waals surface area contributed by atoms with Crippen LogP contribution in [0.3, 0.4) is 0 Å². The number of anilines is 1. The van der Waals surface area contributed by atoms with Crippen LogP contribution in [0.4, 0.5) is 11.4 Å². The molecule has 2 aromatic rings. The van der Waals surface area contributed by atoms with Crippen LogP contribution in [-0.2, 0) is 10.2 Å². The summed E-state index contributed by atoms with van der Waals surface area (Å²) in [5, 5.41) is 15.9. The van der Waals surface area contributed by atoms with Crippen molar-refractivity contribution in [3.63, 3.8) is 0 Å². The minimum atomic E-state index is -3.44. The van der Waals surface area contributed by atoms with Crippen LogP contribution in [0.25, 0.3) is 5.69 Å². The molecule has 152 valence electrons. The standard InChI is InChI=1S/C17H24N6O4S/c1-13-11-14(2)22(18-13)17-12-15(5-6-16(17)23(24)25)20-7-9-21(10-8-20)28(26,27)19(3)4/h5-6,11-12H,7-10H2,1-4H3. The van der Waals surface area contributed by atoms with Crippen molar-refractivity contribution in [2.24, 2.45) is 0 Å². The van der Waals surface area contributed by atoms with Crippen molar-refractivity contribution in [1.82, 2.24) is 18.4 Å². The molecule has 1 aromatic heterocycles. The molecule has 10 nitrogen and oxygen atoms in total. The highest BCUT2D eigenvalue weighted by molar-refractivity contribution is 7.86. The Morgan fingerprint density at radius 3 is 2.25 bits per heavy atom. The molecule has 0 aliphatic carbocycles. The summed E-state index contributed by atoms with van der Waals surface area (Å²) in [6, 6.07) is 6.78. The van der Waals surface area contributed by atoms with Crippen LogP contribution in [0.1, 0.15) is 11.4 Å². The minimum Gasteiger partial charge on any atom is -0.369 e. The Labute approximate surface area is 164 Å². The molecule has 0 bridgehead atoms. The zero-order chi connectivity index (χ0) is 20.6.